The van der Waals surface area contributed by atoms with Crippen LogP contribution >= 0.6 is 11.8 Å². The van der Waals surface area contributed by atoms with Gasteiger partial charge in [-0.3, -0.25) is 14.9 Å². The van der Waals surface area contributed by atoms with Gasteiger partial charge in [0.05, 0.1) is 11.0 Å². The third-order valence-corrected chi connectivity index (χ3v) is 3.34. The third-order valence-electron chi connectivity index (χ3n) is 2.43. The minimum Gasteiger partial charge on any atom is -0.500 e. The maximum atomic E-state index is 13.3. The summed E-state index contributed by atoms with van der Waals surface area (Å²) in [7, 11) is 0. The van der Waals surface area contributed by atoms with Crippen molar-refractivity contribution in [3.05, 3.63) is 33.6 Å². The molecule has 0 amide bonds. The van der Waals surface area contributed by atoms with Gasteiger partial charge in [0, 0.05) is 18.7 Å². The van der Waals surface area contributed by atoms with E-state index in [1.54, 1.807) is 0 Å². The normalized spacial score (nSPS) is 13.8. The minimum absolute atomic E-state index is 0.146. The molecule has 2 atom stereocenters. The fourth-order valence-corrected chi connectivity index (χ4v) is 2.02. The first-order valence-electron chi connectivity index (χ1n) is 5.40. The smallest absolute Gasteiger partial charge is 0.314 e. The summed E-state index contributed by atoms with van der Waals surface area (Å²) in [6, 6.07) is 1.46. The summed E-state index contributed by atoms with van der Waals surface area (Å²) in [5, 5.41) is 38.9. The number of nitro benzene ring substituents is 1. The Morgan fingerprint density at radius 1 is 1.50 bits per heavy atom. The number of nitrogens with zero attached hydrogens (tertiary/aromatic N) is 1. The predicted molar refractivity (Wildman–Crippen MR) is 68.8 cm³/mol. The molecular weight excluding hydrogens is 293 g/mol. The number of benzene rings is 1. The lowest BCUT2D eigenvalue weighted by molar-refractivity contribution is -0.386. The first-order chi connectivity index (χ1) is 9.23. The van der Waals surface area contributed by atoms with Crippen molar-refractivity contribution in [2.45, 2.75) is 19.1 Å². The molecule has 7 nitrogen and oxygen atoms in total. The van der Waals surface area contributed by atoms with Crippen molar-refractivity contribution in [1.29, 1.82) is 0 Å². The van der Waals surface area contributed by atoms with E-state index in [4.69, 9.17) is 0 Å². The molecule has 0 heterocycles. The molecule has 0 saturated carbocycles. The second kappa shape index (κ2) is 6.64. The van der Waals surface area contributed by atoms with Crippen molar-refractivity contribution in [2.24, 2.45) is 0 Å². The van der Waals surface area contributed by atoms with Crippen molar-refractivity contribution in [3.63, 3.8) is 0 Å². The van der Waals surface area contributed by atoms with Gasteiger partial charge in [-0.2, -0.15) is 0 Å². The molecular formula is C11H12FNO6S. The maximum Gasteiger partial charge on any atom is 0.314 e. The molecule has 20 heavy (non-hydrogen) atoms. The van der Waals surface area contributed by atoms with Gasteiger partial charge in [-0.05, 0) is 11.6 Å². The average molecular weight is 305 g/mol. The number of hydrogen-bond donors (Lipinski definition) is 3. The fourth-order valence-electron chi connectivity index (χ4n) is 1.43. The molecule has 0 radical (unpaired) electrons. The van der Waals surface area contributed by atoms with Crippen LogP contribution in [-0.4, -0.2) is 37.2 Å². The molecule has 0 saturated heterocycles. The summed E-state index contributed by atoms with van der Waals surface area (Å²) in [5.74, 6) is -2.56. The second-order valence-electron chi connectivity index (χ2n) is 3.94. The van der Waals surface area contributed by atoms with Crippen LogP contribution in [0.2, 0.25) is 0 Å². The SMILES string of the molecule is CC(=O)SCC(O)C(O)c1cc(F)c(O)c([N+](=O)[O-])c1. The lowest BCUT2D eigenvalue weighted by atomic mass is 10.0. The first-order valence-corrected chi connectivity index (χ1v) is 6.39. The number of thioether (sulfide) groups is 1. The molecule has 0 spiro atoms. The Bertz CT molecular complexity index is 538. The number of carbonyl (C=O) groups excluding carboxylic acids is 1. The second-order valence-corrected chi connectivity index (χ2v) is 5.14. The Morgan fingerprint density at radius 2 is 2.10 bits per heavy atom. The summed E-state index contributed by atoms with van der Waals surface area (Å²) >= 11 is 0.754. The molecule has 3 N–H and O–H groups in total. The van der Waals surface area contributed by atoms with Gasteiger partial charge in [0.2, 0.25) is 5.75 Å². The van der Waals surface area contributed by atoms with Gasteiger partial charge in [-0.25, -0.2) is 4.39 Å². The summed E-state index contributed by atoms with van der Waals surface area (Å²) in [6.07, 6.45) is -3.02. The Balaban J connectivity index is 3.01. The van der Waals surface area contributed by atoms with Crippen LogP contribution in [0.25, 0.3) is 0 Å². The van der Waals surface area contributed by atoms with Crippen molar-refractivity contribution in [3.8, 4) is 5.75 Å². The monoisotopic (exact) mass is 305 g/mol. The average Bonchev–Trinajstić information content (AvgIpc) is 2.37. The predicted octanol–water partition coefficient (Wildman–Crippen LogP) is 1.11. The first kappa shape index (κ1) is 16.3. The summed E-state index contributed by atoms with van der Waals surface area (Å²) < 4.78 is 13.3. The number of aliphatic hydroxyl groups excluding tert-OH is 2. The number of aliphatic hydroxyl groups is 2. The lowest BCUT2D eigenvalue weighted by Gasteiger charge is -2.17. The van der Waals surface area contributed by atoms with Gasteiger partial charge in [0.1, 0.15) is 6.10 Å². The van der Waals surface area contributed by atoms with Crippen LogP contribution in [0.1, 0.15) is 18.6 Å². The van der Waals surface area contributed by atoms with Gasteiger partial charge < -0.3 is 15.3 Å². The number of carbonyl (C=O) groups is 1. The standard InChI is InChI=1S/C11H12FNO6S/c1-5(14)20-4-9(15)10(16)6-2-7(12)11(17)8(3-6)13(18)19/h2-3,9-10,15-17H,4H2,1H3. The van der Waals surface area contributed by atoms with Gasteiger partial charge in [0.25, 0.3) is 0 Å². The topological polar surface area (TPSA) is 121 Å². The number of halogens is 1. The number of phenols is 1. The molecule has 1 rings (SSSR count). The van der Waals surface area contributed by atoms with Crippen LogP contribution in [0.15, 0.2) is 12.1 Å². The van der Waals surface area contributed by atoms with E-state index in [1.807, 2.05) is 0 Å². The molecule has 0 aliphatic rings. The van der Waals surface area contributed by atoms with E-state index in [1.165, 1.54) is 6.92 Å². The molecule has 110 valence electrons. The van der Waals surface area contributed by atoms with Gasteiger partial charge in [-0.15, -0.1) is 0 Å². The number of hydrogen-bond acceptors (Lipinski definition) is 7. The van der Waals surface area contributed by atoms with Gasteiger partial charge >= 0.3 is 5.69 Å². The molecule has 9 heteroatoms. The highest BCUT2D eigenvalue weighted by Crippen LogP contribution is 2.33. The Labute approximate surface area is 117 Å². The number of phenolic OH excluding ortho intramolecular Hbond substituents is 1. The fraction of sp³-hybridized carbons (Fsp3) is 0.364. The molecule has 1 aromatic rings. The number of aromatic hydroxyl groups is 1. The highest BCUT2D eigenvalue weighted by atomic mass is 32.2. The molecule has 2 unspecified atom stereocenters. The number of nitro groups is 1. The Kier molecular flexibility index (Phi) is 5.43. The van der Waals surface area contributed by atoms with E-state index in [0.717, 1.165) is 17.8 Å². The van der Waals surface area contributed by atoms with Crippen LogP contribution in [-0.2, 0) is 4.79 Å². The van der Waals surface area contributed by atoms with Crippen molar-refractivity contribution in [2.75, 3.05) is 5.75 Å². The van der Waals surface area contributed by atoms with E-state index < -0.39 is 34.4 Å². The molecule has 0 aliphatic heterocycles. The van der Waals surface area contributed by atoms with Crippen LogP contribution in [0.3, 0.4) is 0 Å². The highest BCUT2D eigenvalue weighted by molar-refractivity contribution is 8.13. The van der Waals surface area contributed by atoms with Gasteiger partial charge in [0.15, 0.2) is 10.9 Å². The lowest BCUT2D eigenvalue weighted by Crippen LogP contribution is -2.21. The van der Waals surface area contributed by atoms with Gasteiger partial charge in [-0.1, -0.05) is 11.8 Å². The quantitative estimate of drug-likeness (QED) is 0.550. The molecule has 0 aromatic heterocycles. The largest absolute Gasteiger partial charge is 0.500 e. The zero-order chi connectivity index (χ0) is 15.4. The molecule has 1 aromatic carbocycles. The molecule has 0 bridgehead atoms. The van der Waals surface area contributed by atoms with E-state index in [0.29, 0.717) is 6.07 Å². The maximum absolute atomic E-state index is 13.3. The summed E-state index contributed by atoms with van der Waals surface area (Å²) in [6.45, 7) is 1.27. The molecule has 0 fully saturated rings. The van der Waals surface area contributed by atoms with Crippen LogP contribution < -0.4 is 0 Å². The van der Waals surface area contributed by atoms with Crippen molar-refractivity contribution >= 4 is 22.6 Å². The Morgan fingerprint density at radius 3 is 2.60 bits per heavy atom. The van der Waals surface area contributed by atoms with E-state index >= 15 is 0 Å². The third kappa shape index (κ3) is 3.89. The Hall–Kier alpha value is -1.71. The summed E-state index contributed by atoms with van der Waals surface area (Å²) in [5.41, 5.74) is -1.17. The molecule has 0 aliphatic carbocycles. The number of rotatable bonds is 5. The summed E-state index contributed by atoms with van der Waals surface area (Å²) in [4.78, 5) is 20.3. The van der Waals surface area contributed by atoms with Crippen LogP contribution in [0.4, 0.5) is 10.1 Å². The minimum atomic E-state index is -1.62. The van der Waals surface area contributed by atoms with E-state index in [2.05, 4.69) is 0 Å². The van der Waals surface area contributed by atoms with E-state index in [-0.39, 0.29) is 16.4 Å². The van der Waals surface area contributed by atoms with Crippen LogP contribution in [0, 0.1) is 15.9 Å². The zero-order valence-corrected chi connectivity index (χ0v) is 11.1. The van der Waals surface area contributed by atoms with Crippen LogP contribution in [0.5, 0.6) is 5.75 Å². The van der Waals surface area contributed by atoms with E-state index in [9.17, 15) is 34.6 Å². The highest BCUT2D eigenvalue weighted by Gasteiger charge is 2.25. The van der Waals surface area contributed by atoms with Crippen molar-refractivity contribution < 1.29 is 29.4 Å². The zero-order valence-electron chi connectivity index (χ0n) is 10.3. The van der Waals surface area contributed by atoms with Crippen molar-refractivity contribution in [1.82, 2.24) is 0 Å².